The topological polar surface area (TPSA) is 104 Å². The van der Waals surface area contributed by atoms with Crippen LogP contribution in [0.4, 0.5) is 0 Å². The second-order valence-corrected chi connectivity index (χ2v) is 8.09. The van der Waals surface area contributed by atoms with Crippen molar-refractivity contribution in [3.05, 3.63) is 23.8 Å². The number of ether oxygens (including phenoxy) is 1. The van der Waals surface area contributed by atoms with Crippen molar-refractivity contribution < 1.29 is 27.9 Å². The first-order valence-electron chi connectivity index (χ1n) is 8.40. The minimum atomic E-state index is -3.71. The summed E-state index contributed by atoms with van der Waals surface area (Å²) in [6.45, 7) is 2.79. The lowest BCUT2D eigenvalue weighted by Gasteiger charge is -2.34. The van der Waals surface area contributed by atoms with Gasteiger partial charge in [0.15, 0.2) is 0 Å². The van der Waals surface area contributed by atoms with Crippen molar-refractivity contribution in [1.29, 1.82) is 0 Å². The number of hydrogen-bond donors (Lipinski definition) is 1. The number of amides is 1. The summed E-state index contributed by atoms with van der Waals surface area (Å²) >= 11 is 0. The first kappa shape index (κ1) is 20.2. The highest BCUT2D eigenvalue weighted by Gasteiger charge is 2.32. The molecule has 0 bridgehead atoms. The van der Waals surface area contributed by atoms with Crippen LogP contribution in [0.25, 0.3) is 0 Å². The molecule has 1 aliphatic rings. The Hall–Kier alpha value is -2.13. The standard InChI is InChI=1S/C17H24N2O6S/c1-13-6-7-14(25-2)15(12-13)26(23,24)19-10-8-18(9-11-19)16(20)4-3-5-17(21)22/h6-7,12H,3-5,8-11H2,1-2H3,(H,21,22). The number of rotatable bonds is 7. The summed E-state index contributed by atoms with van der Waals surface area (Å²) in [6, 6.07) is 4.99. The molecular weight excluding hydrogens is 360 g/mol. The fourth-order valence-corrected chi connectivity index (χ4v) is 4.51. The van der Waals surface area contributed by atoms with E-state index < -0.39 is 16.0 Å². The Labute approximate surface area is 153 Å². The lowest BCUT2D eigenvalue weighted by molar-refractivity contribution is -0.137. The third-order valence-corrected chi connectivity index (χ3v) is 6.23. The number of aryl methyl sites for hydroxylation is 1. The molecule has 1 saturated heterocycles. The van der Waals surface area contributed by atoms with Gasteiger partial charge in [0.05, 0.1) is 7.11 Å². The van der Waals surface area contributed by atoms with Crippen molar-refractivity contribution in [3.63, 3.8) is 0 Å². The molecule has 0 radical (unpaired) electrons. The fourth-order valence-electron chi connectivity index (χ4n) is 2.85. The Morgan fingerprint density at radius 1 is 1.15 bits per heavy atom. The van der Waals surface area contributed by atoms with E-state index in [2.05, 4.69) is 0 Å². The molecule has 1 aliphatic heterocycles. The van der Waals surface area contributed by atoms with E-state index in [0.29, 0.717) is 18.8 Å². The van der Waals surface area contributed by atoms with Crippen LogP contribution < -0.4 is 4.74 Å². The van der Waals surface area contributed by atoms with Crippen LogP contribution in [-0.4, -0.2) is 67.9 Å². The highest BCUT2D eigenvalue weighted by atomic mass is 32.2. The lowest BCUT2D eigenvalue weighted by atomic mass is 10.2. The average Bonchev–Trinajstić information content (AvgIpc) is 2.61. The molecule has 1 N–H and O–H groups in total. The van der Waals surface area contributed by atoms with Gasteiger partial charge in [-0.3, -0.25) is 9.59 Å². The van der Waals surface area contributed by atoms with Crippen molar-refractivity contribution in [2.24, 2.45) is 0 Å². The van der Waals surface area contributed by atoms with Crippen molar-refractivity contribution in [1.82, 2.24) is 9.21 Å². The molecule has 1 amide bonds. The van der Waals surface area contributed by atoms with Gasteiger partial charge in [-0.1, -0.05) is 6.07 Å². The van der Waals surface area contributed by atoms with Crippen LogP contribution in [0.3, 0.4) is 0 Å². The maximum atomic E-state index is 12.9. The van der Waals surface area contributed by atoms with Crippen LogP contribution in [0.2, 0.25) is 0 Å². The molecule has 0 atom stereocenters. The Kier molecular flexibility index (Phi) is 6.60. The monoisotopic (exact) mass is 384 g/mol. The predicted octanol–water partition coefficient (Wildman–Crippen LogP) is 1.09. The zero-order valence-corrected chi connectivity index (χ0v) is 15.8. The molecule has 0 unspecified atom stereocenters. The SMILES string of the molecule is COc1ccc(C)cc1S(=O)(=O)N1CCN(C(=O)CCCC(=O)O)CC1. The van der Waals surface area contributed by atoms with Crippen molar-refractivity contribution in [3.8, 4) is 5.75 Å². The zero-order valence-electron chi connectivity index (χ0n) is 15.0. The molecule has 144 valence electrons. The van der Waals surface area contributed by atoms with E-state index in [1.165, 1.54) is 11.4 Å². The van der Waals surface area contributed by atoms with Crippen LogP contribution in [-0.2, 0) is 19.6 Å². The summed E-state index contributed by atoms with van der Waals surface area (Å²) in [4.78, 5) is 24.3. The molecule has 1 aromatic rings. The second-order valence-electron chi connectivity index (χ2n) is 6.19. The summed E-state index contributed by atoms with van der Waals surface area (Å²) in [5.41, 5.74) is 0.816. The Bertz CT molecular complexity index is 769. The van der Waals surface area contributed by atoms with Crippen LogP contribution in [0.1, 0.15) is 24.8 Å². The third kappa shape index (κ3) is 4.73. The van der Waals surface area contributed by atoms with Crippen LogP contribution in [0.15, 0.2) is 23.1 Å². The smallest absolute Gasteiger partial charge is 0.303 e. The second kappa shape index (κ2) is 8.50. The van der Waals surface area contributed by atoms with Crippen molar-refractivity contribution in [2.45, 2.75) is 31.1 Å². The molecule has 1 fully saturated rings. The number of benzene rings is 1. The molecule has 1 aromatic carbocycles. The number of carbonyl (C=O) groups is 2. The number of carboxylic acids is 1. The first-order chi connectivity index (χ1) is 12.3. The summed E-state index contributed by atoms with van der Waals surface area (Å²) in [5, 5.41) is 8.62. The molecule has 0 aromatic heterocycles. The minimum absolute atomic E-state index is 0.0484. The Balaban J connectivity index is 2.02. The van der Waals surface area contributed by atoms with Gasteiger partial charge in [0.1, 0.15) is 10.6 Å². The van der Waals surface area contributed by atoms with Gasteiger partial charge in [-0.2, -0.15) is 4.31 Å². The van der Waals surface area contributed by atoms with Gasteiger partial charge < -0.3 is 14.7 Å². The van der Waals surface area contributed by atoms with Crippen LogP contribution >= 0.6 is 0 Å². The summed E-state index contributed by atoms with van der Waals surface area (Å²) in [7, 11) is -2.28. The van der Waals surface area contributed by atoms with E-state index in [1.807, 2.05) is 6.92 Å². The Morgan fingerprint density at radius 2 is 1.81 bits per heavy atom. The van der Waals surface area contributed by atoms with E-state index in [4.69, 9.17) is 9.84 Å². The molecule has 0 spiro atoms. The van der Waals surface area contributed by atoms with E-state index in [0.717, 1.165) is 5.56 Å². The van der Waals surface area contributed by atoms with Gasteiger partial charge in [-0.15, -0.1) is 0 Å². The van der Waals surface area contributed by atoms with Crippen LogP contribution in [0.5, 0.6) is 5.75 Å². The van der Waals surface area contributed by atoms with Gasteiger partial charge in [0.2, 0.25) is 15.9 Å². The molecule has 1 heterocycles. The summed E-state index contributed by atoms with van der Waals surface area (Å²) < 4.78 is 32.4. The maximum absolute atomic E-state index is 12.9. The summed E-state index contributed by atoms with van der Waals surface area (Å²) in [6.07, 6.45) is 0.394. The number of hydrogen-bond acceptors (Lipinski definition) is 5. The maximum Gasteiger partial charge on any atom is 0.303 e. The molecule has 9 heteroatoms. The molecule has 2 rings (SSSR count). The van der Waals surface area contributed by atoms with Gasteiger partial charge in [0, 0.05) is 39.0 Å². The Morgan fingerprint density at radius 3 is 2.38 bits per heavy atom. The fraction of sp³-hybridized carbons (Fsp3) is 0.529. The van der Waals surface area contributed by atoms with E-state index in [9.17, 15) is 18.0 Å². The number of carboxylic acid groups (broad SMARTS) is 1. The lowest BCUT2D eigenvalue weighted by Crippen LogP contribution is -2.50. The quantitative estimate of drug-likeness (QED) is 0.755. The normalized spacial score (nSPS) is 15.7. The molecule has 0 saturated carbocycles. The third-order valence-electron chi connectivity index (χ3n) is 4.31. The van der Waals surface area contributed by atoms with E-state index >= 15 is 0 Å². The number of aliphatic carboxylic acids is 1. The van der Waals surface area contributed by atoms with Crippen molar-refractivity contribution in [2.75, 3.05) is 33.3 Å². The number of piperazine rings is 1. The number of nitrogens with zero attached hydrogens (tertiary/aromatic N) is 2. The average molecular weight is 384 g/mol. The van der Waals surface area contributed by atoms with Crippen LogP contribution in [0, 0.1) is 6.92 Å². The highest BCUT2D eigenvalue weighted by molar-refractivity contribution is 7.89. The van der Waals surface area contributed by atoms with Gasteiger partial charge in [-0.05, 0) is 31.0 Å². The van der Waals surface area contributed by atoms with E-state index in [-0.39, 0.29) is 43.2 Å². The van der Waals surface area contributed by atoms with E-state index in [1.54, 1.807) is 23.1 Å². The summed E-state index contributed by atoms with van der Waals surface area (Å²) in [5.74, 6) is -0.778. The van der Waals surface area contributed by atoms with Gasteiger partial charge in [-0.25, -0.2) is 8.42 Å². The zero-order chi connectivity index (χ0) is 19.3. The molecular formula is C17H24N2O6S. The van der Waals surface area contributed by atoms with Crippen molar-refractivity contribution >= 4 is 21.9 Å². The minimum Gasteiger partial charge on any atom is -0.495 e. The first-order valence-corrected chi connectivity index (χ1v) is 9.84. The largest absolute Gasteiger partial charge is 0.495 e. The number of sulfonamides is 1. The van der Waals surface area contributed by atoms with Gasteiger partial charge >= 0.3 is 5.97 Å². The van der Waals surface area contributed by atoms with Gasteiger partial charge in [0.25, 0.3) is 0 Å². The molecule has 0 aliphatic carbocycles. The number of methoxy groups -OCH3 is 1. The highest BCUT2D eigenvalue weighted by Crippen LogP contribution is 2.28. The predicted molar refractivity (Wildman–Crippen MR) is 94.6 cm³/mol. The number of carbonyl (C=O) groups excluding carboxylic acids is 1. The molecule has 8 nitrogen and oxygen atoms in total. The molecule has 26 heavy (non-hydrogen) atoms.